The van der Waals surface area contributed by atoms with Crippen LogP contribution in [0.25, 0.3) is 0 Å². The average molecular weight is 268 g/mol. The predicted octanol–water partition coefficient (Wildman–Crippen LogP) is 0.643. The fourth-order valence-electron chi connectivity index (χ4n) is 0. The van der Waals surface area contributed by atoms with Crippen molar-refractivity contribution in [3.8, 4) is 6.07 Å². The Bertz CT molecular complexity index is 50.1. The van der Waals surface area contributed by atoms with E-state index < -0.39 is 0 Å². The Kier molecular flexibility index (Phi) is 90.9. The number of nitriles is 1. The minimum atomic E-state index is 0. The van der Waals surface area contributed by atoms with Gasteiger partial charge in [0.2, 0.25) is 0 Å². The van der Waals surface area contributed by atoms with E-state index in [0.29, 0.717) is 6.42 Å². The molecule has 2 nitrogen and oxygen atoms in total. The van der Waals surface area contributed by atoms with Crippen LogP contribution in [-0.2, 0) is 25.9 Å². The van der Waals surface area contributed by atoms with Crippen molar-refractivity contribution >= 4 is 6.79 Å². The van der Waals surface area contributed by atoms with E-state index in [4.69, 9.17) is 10.1 Å². The topological polar surface area (TPSA) is 40.9 Å². The van der Waals surface area contributed by atoms with Gasteiger partial charge >= 0.3 is 0 Å². The molecule has 0 spiro atoms. The summed E-state index contributed by atoms with van der Waals surface area (Å²) in [5.41, 5.74) is 0. The molecule has 0 atom stereocenters. The van der Waals surface area contributed by atoms with Gasteiger partial charge in [-0.15, -0.1) is 0 Å². The van der Waals surface area contributed by atoms with Gasteiger partial charge in [0.15, 0.2) is 0 Å². The summed E-state index contributed by atoms with van der Waals surface area (Å²) in [7, 11) is 0. The number of carbonyl (C=O) groups excluding carboxylic acids is 1. The maximum atomic E-state index is 7.75. The molecule has 0 rings (SSSR count). The zero-order valence-electron chi connectivity index (χ0n) is 4.05. The van der Waals surface area contributed by atoms with Gasteiger partial charge in [-0.05, 0) is 0 Å². The summed E-state index contributed by atoms with van der Waals surface area (Å²) in [6.45, 7) is 5.07. The van der Waals surface area contributed by atoms with Gasteiger partial charge in [0, 0.05) is 27.5 Å². The third-order valence-corrected chi connectivity index (χ3v) is 0.158. The summed E-state index contributed by atoms with van der Waals surface area (Å²) >= 11 is 0. The molecule has 0 saturated heterocycles. The van der Waals surface area contributed by atoms with Crippen molar-refractivity contribution in [2.45, 2.75) is 13.3 Å². The van der Waals surface area contributed by atoms with Crippen molar-refractivity contribution in [1.82, 2.24) is 0 Å². The molecule has 0 amide bonds. The first-order valence-electron chi connectivity index (χ1n) is 1.52. The van der Waals surface area contributed by atoms with Crippen molar-refractivity contribution in [3.05, 3.63) is 0 Å². The van der Waals surface area contributed by atoms with Gasteiger partial charge in [-0.3, -0.25) is 6.79 Å². The molecule has 40 valence electrons. The van der Waals surface area contributed by atoms with Gasteiger partial charge in [-0.1, -0.05) is 6.92 Å². The maximum absolute atomic E-state index is 7.75. The molecular formula is C4H6NOW-. The van der Waals surface area contributed by atoms with Crippen molar-refractivity contribution < 1.29 is 25.9 Å². The second kappa shape index (κ2) is 40.2. The summed E-state index contributed by atoms with van der Waals surface area (Å²) in [5, 5.41) is 7.62. The molecule has 0 aliphatic rings. The van der Waals surface area contributed by atoms with Crippen LogP contribution in [0.1, 0.15) is 13.3 Å². The summed E-state index contributed by atoms with van der Waals surface area (Å²) in [6.07, 6.45) is 0.625. The van der Waals surface area contributed by atoms with Crippen LogP contribution >= 0.6 is 0 Å². The molecule has 0 fully saturated rings. The van der Waals surface area contributed by atoms with Crippen LogP contribution in [0.4, 0.5) is 0 Å². The molecule has 0 aromatic heterocycles. The van der Waals surface area contributed by atoms with Gasteiger partial charge in [0.25, 0.3) is 0 Å². The van der Waals surface area contributed by atoms with E-state index in [1.54, 1.807) is 0 Å². The normalized spacial score (nSPS) is 3.43. The molecule has 0 aromatic carbocycles. The quantitative estimate of drug-likeness (QED) is 0.478. The van der Waals surface area contributed by atoms with E-state index in [1.807, 2.05) is 13.0 Å². The number of nitrogens with zero attached hydrogens (tertiary/aromatic N) is 1. The first kappa shape index (κ1) is 15.8. The summed E-state index contributed by atoms with van der Waals surface area (Å²) in [6, 6.07) is 1.93. The first-order valence-corrected chi connectivity index (χ1v) is 1.52. The molecule has 3 heteroatoms. The molecule has 0 bridgehead atoms. The van der Waals surface area contributed by atoms with Crippen LogP contribution in [0.3, 0.4) is 0 Å². The minimum Gasteiger partial charge on any atom is -0.545 e. The van der Waals surface area contributed by atoms with Crippen LogP contribution < -0.4 is 0 Å². The molecule has 0 N–H and O–H groups in total. The van der Waals surface area contributed by atoms with Gasteiger partial charge in [0.05, 0.1) is 6.07 Å². The predicted molar refractivity (Wildman–Crippen MR) is 22.7 cm³/mol. The van der Waals surface area contributed by atoms with Crippen molar-refractivity contribution in [3.63, 3.8) is 0 Å². The number of hydrogen-bond donors (Lipinski definition) is 0. The van der Waals surface area contributed by atoms with E-state index in [1.165, 1.54) is 0 Å². The monoisotopic (exact) mass is 268 g/mol. The fourth-order valence-corrected chi connectivity index (χ4v) is 0. The standard InChI is InChI=1S/C3H5N.CHO.W/c1-2-3-4;1-2;/h2H2,1H3;1H;/q;-1;. The van der Waals surface area contributed by atoms with Gasteiger partial charge in [-0.2, -0.15) is 5.26 Å². The maximum Gasteiger partial charge on any atom is 0.0618 e. The molecule has 0 aromatic rings. The Morgan fingerprint density at radius 1 is 1.71 bits per heavy atom. The van der Waals surface area contributed by atoms with E-state index >= 15 is 0 Å². The molecule has 0 saturated carbocycles. The van der Waals surface area contributed by atoms with Gasteiger partial charge in [-0.25, -0.2) is 0 Å². The van der Waals surface area contributed by atoms with Gasteiger partial charge < -0.3 is 4.79 Å². The Morgan fingerprint density at radius 2 is 1.86 bits per heavy atom. The average Bonchev–Trinajstić information content (AvgIpc) is 1.72. The van der Waals surface area contributed by atoms with Crippen LogP contribution in [0.15, 0.2) is 0 Å². The molecule has 0 unspecified atom stereocenters. The van der Waals surface area contributed by atoms with E-state index in [-0.39, 0.29) is 21.1 Å². The Labute approximate surface area is 57.8 Å². The Hall–Kier alpha value is -0.152. The third kappa shape index (κ3) is 120. The molecule has 0 heterocycles. The number of hydrogen-bond acceptors (Lipinski definition) is 2. The Balaban J connectivity index is -0.0000000480. The molecule has 0 aliphatic carbocycles. The molecule has 0 aliphatic heterocycles. The molecule has 7 heavy (non-hydrogen) atoms. The Morgan fingerprint density at radius 3 is 1.86 bits per heavy atom. The summed E-state index contributed by atoms with van der Waals surface area (Å²) in [4.78, 5) is 7.75. The van der Waals surface area contributed by atoms with Crippen molar-refractivity contribution in [1.29, 1.82) is 5.26 Å². The largest absolute Gasteiger partial charge is 0.545 e. The zero-order chi connectivity index (χ0) is 5.41. The second-order valence-electron chi connectivity index (χ2n) is 0.512. The fraction of sp³-hybridized carbons (Fsp3) is 0.500. The van der Waals surface area contributed by atoms with Crippen LogP contribution in [0.2, 0.25) is 0 Å². The summed E-state index contributed by atoms with van der Waals surface area (Å²) < 4.78 is 0. The first-order chi connectivity index (χ1) is 2.91. The van der Waals surface area contributed by atoms with E-state index in [0.717, 1.165) is 0 Å². The minimum absolute atomic E-state index is 0. The van der Waals surface area contributed by atoms with Crippen molar-refractivity contribution in [2.24, 2.45) is 0 Å². The summed E-state index contributed by atoms with van der Waals surface area (Å²) in [5.74, 6) is 0. The molecular weight excluding hydrogens is 262 g/mol. The van der Waals surface area contributed by atoms with Gasteiger partial charge in [0.1, 0.15) is 0 Å². The zero-order valence-corrected chi connectivity index (χ0v) is 6.98. The van der Waals surface area contributed by atoms with Crippen LogP contribution in [0, 0.1) is 11.3 Å². The SMILES string of the molecule is CCC#N.[CH-]=O.[W]. The van der Waals surface area contributed by atoms with Crippen LogP contribution in [-0.4, -0.2) is 6.79 Å². The van der Waals surface area contributed by atoms with E-state index in [9.17, 15) is 0 Å². The smallest absolute Gasteiger partial charge is 0.0618 e. The van der Waals surface area contributed by atoms with Crippen LogP contribution in [0.5, 0.6) is 0 Å². The van der Waals surface area contributed by atoms with E-state index in [2.05, 4.69) is 6.79 Å². The third-order valence-electron chi connectivity index (χ3n) is 0.158. The molecule has 0 radical (unpaired) electrons. The van der Waals surface area contributed by atoms with Crippen molar-refractivity contribution in [2.75, 3.05) is 0 Å². The number of rotatable bonds is 0. The second-order valence-corrected chi connectivity index (χ2v) is 0.512.